The number of carbonyl (C=O) groups excluding carboxylic acids is 1. The van der Waals surface area contributed by atoms with Gasteiger partial charge in [0.15, 0.2) is 0 Å². The summed E-state index contributed by atoms with van der Waals surface area (Å²) in [4.78, 5) is 13.7. The maximum atomic E-state index is 11.9. The van der Waals surface area contributed by atoms with E-state index in [0.29, 0.717) is 13.0 Å². The molecule has 0 aliphatic rings. The smallest absolute Gasteiger partial charge is 0.226 e. The molecule has 0 bridgehead atoms. The molecule has 1 unspecified atom stereocenters. The molecule has 0 radical (unpaired) electrons. The quantitative estimate of drug-likeness (QED) is 0.831. The summed E-state index contributed by atoms with van der Waals surface area (Å²) in [7, 11) is 3.44. The van der Waals surface area contributed by atoms with Gasteiger partial charge in [-0.1, -0.05) is 12.1 Å². The number of hydrogen-bond acceptors (Lipinski definition) is 3. The SMILES string of the molecule is COc1ccc(CC(=O)N(C)CCC(C)N)cc1. The van der Waals surface area contributed by atoms with Crippen LogP contribution in [0.3, 0.4) is 0 Å². The van der Waals surface area contributed by atoms with E-state index in [1.807, 2.05) is 38.2 Å². The molecule has 4 nitrogen and oxygen atoms in total. The average Bonchev–Trinajstić information content (AvgIpc) is 2.36. The predicted octanol–water partition coefficient (Wildman–Crippen LogP) is 1.43. The summed E-state index contributed by atoms with van der Waals surface area (Å²) in [6, 6.07) is 7.68. The molecule has 1 amide bonds. The Balaban J connectivity index is 2.47. The normalized spacial score (nSPS) is 12.0. The van der Waals surface area contributed by atoms with Crippen LogP contribution in [-0.2, 0) is 11.2 Å². The number of carbonyl (C=O) groups is 1. The summed E-state index contributed by atoms with van der Waals surface area (Å²) in [5, 5.41) is 0. The fourth-order valence-corrected chi connectivity index (χ4v) is 1.57. The van der Waals surface area contributed by atoms with Gasteiger partial charge in [-0.05, 0) is 31.0 Å². The van der Waals surface area contributed by atoms with Gasteiger partial charge in [0.2, 0.25) is 5.91 Å². The van der Waals surface area contributed by atoms with E-state index in [2.05, 4.69) is 0 Å². The van der Waals surface area contributed by atoms with Crippen LogP contribution in [0.25, 0.3) is 0 Å². The average molecular weight is 250 g/mol. The lowest BCUT2D eigenvalue weighted by atomic mass is 10.1. The molecule has 2 N–H and O–H groups in total. The third kappa shape index (κ3) is 4.75. The molecule has 0 aromatic heterocycles. The topological polar surface area (TPSA) is 55.6 Å². The maximum Gasteiger partial charge on any atom is 0.226 e. The first-order valence-electron chi connectivity index (χ1n) is 6.15. The van der Waals surface area contributed by atoms with Gasteiger partial charge in [0.05, 0.1) is 13.5 Å². The monoisotopic (exact) mass is 250 g/mol. The van der Waals surface area contributed by atoms with Gasteiger partial charge in [-0.2, -0.15) is 0 Å². The second kappa shape index (κ2) is 7.01. The van der Waals surface area contributed by atoms with Crippen molar-refractivity contribution in [3.8, 4) is 5.75 Å². The van der Waals surface area contributed by atoms with Gasteiger partial charge in [0, 0.05) is 19.6 Å². The van der Waals surface area contributed by atoms with Gasteiger partial charge in [-0.15, -0.1) is 0 Å². The summed E-state index contributed by atoms with van der Waals surface area (Å²) in [6.07, 6.45) is 1.24. The van der Waals surface area contributed by atoms with Crippen LogP contribution in [0.4, 0.5) is 0 Å². The Bertz CT molecular complexity index is 374. The number of amides is 1. The summed E-state index contributed by atoms with van der Waals surface area (Å²) in [6.45, 7) is 2.65. The van der Waals surface area contributed by atoms with E-state index in [1.165, 1.54) is 0 Å². The molecule has 1 aromatic rings. The maximum absolute atomic E-state index is 11.9. The Kier molecular flexibility index (Phi) is 5.65. The highest BCUT2D eigenvalue weighted by atomic mass is 16.5. The highest BCUT2D eigenvalue weighted by Gasteiger charge is 2.10. The van der Waals surface area contributed by atoms with Crippen molar-refractivity contribution in [2.45, 2.75) is 25.8 Å². The first-order valence-corrected chi connectivity index (χ1v) is 6.15. The van der Waals surface area contributed by atoms with Crippen molar-refractivity contribution in [1.82, 2.24) is 4.90 Å². The highest BCUT2D eigenvalue weighted by molar-refractivity contribution is 5.78. The van der Waals surface area contributed by atoms with Gasteiger partial charge in [0.25, 0.3) is 0 Å². The number of hydrogen-bond donors (Lipinski definition) is 1. The molecule has 0 spiro atoms. The number of likely N-dealkylation sites (N-methyl/N-ethyl adjacent to an activating group) is 1. The third-order valence-corrected chi connectivity index (χ3v) is 2.86. The lowest BCUT2D eigenvalue weighted by Crippen LogP contribution is -2.32. The lowest BCUT2D eigenvalue weighted by Gasteiger charge is -2.18. The van der Waals surface area contributed by atoms with Crippen LogP contribution >= 0.6 is 0 Å². The zero-order valence-corrected chi connectivity index (χ0v) is 11.3. The number of rotatable bonds is 6. The van der Waals surface area contributed by atoms with E-state index in [9.17, 15) is 4.79 Å². The molecular weight excluding hydrogens is 228 g/mol. The molecule has 1 rings (SSSR count). The van der Waals surface area contributed by atoms with Crippen molar-refractivity contribution in [3.05, 3.63) is 29.8 Å². The van der Waals surface area contributed by atoms with Crippen molar-refractivity contribution in [1.29, 1.82) is 0 Å². The molecule has 0 aliphatic carbocycles. The molecule has 4 heteroatoms. The summed E-state index contributed by atoms with van der Waals surface area (Å²) in [5.74, 6) is 0.914. The van der Waals surface area contributed by atoms with Gasteiger partial charge >= 0.3 is 0 Å². The second-order valence-electron chi connectivity index (χ2n) is 4.61. The molecule has 1 aromatic carbocycles. The number of nitrogens with two attached hydrogens (primary N) is 1. The summed E-state index contributed by atoms with van der Waals surface area (Å²) in [5.41, 5.74) is 6.67. The van der Waals surface area contributed by atoms with Gasteiger partial charge < -0.3 is 15.4 Å². The fourth-order valence-electron chi connectivity index (χ4n) is 1.57. The molecule has 0 saturated heterocycles. The van der Waals surface area contributed by atoms with Crippen LogP contribution in [0.2, 0.25) is 0 Å². The molecule has 100 valence electrons. The van der Waals surface area contributed by atoms with Crippen LogP contribution in [0, 0.1) is 0 Å². The van der Waals surface area contributed by atoms with E-state index in [1.54, 1.807) is 12.0 Å². The van der Waals surface area contributed by atoms with Crippen molar-refractivity contribution in [2.75, 3.05) is 20.7 Å². The van der Waals surface area contributed by atoms with Crippen LogP contribution in [0.5, 0.6) is 5.75 Å². The Hall–Kier alpha value is -1.55. The van der Waals surface area contributed by atoms with E-state index < -0.39 is 0 Å². The Morgan fingerprint density at radius 2 is 2.00 bits per heavy atom. The van der Waals surface area contributed by atoms with Gasteiger partial charge in [-0.3, -0.25) is 4.79 Å². The van der Waals surface area contributed by atoms with E-state index in [0.717, 1.165) is 17.7 Å². The Morgan fingerprint density at radius 1 is 1.39 bits per heavy atom. The predicted molar refractivity (Wildman–Crippen MR) is 72.6 cm³/mol. The number of benzene rings is 1. The number of ether oxygens (including phenoxy) is 1. The second-order valence-corrected chi connectivity index (χ2v) is 4.61. The molecule has 18 heavy (non-hydrogen) atoms. The molecule has 0 saturated carbocycles. The number of nitrogens with zero attached hydrogens (tertiary/aromatic N) is 1. The lowest BCUT2D eigenvalue weighted by molar-refractivity contribution is -0.129. The first kappa shape index (κ1) is 14.5. The van der Waals surface area contributed by atoms with Gasteiger partial charge in [-0.25, -0.2) is 0 Å². The largest absolute Gasteiger partial charge is 0.497 e. The zero-order chi connectivity index (χ0) is 13.5. The molecule has 0 aliphatic heterocycles. The standard InChI is InChI=1S/C14H22N2O2/c1-11(15)8-9-16(2)14(17)10-12-4-6-13(18-3)7-5-12/h4-7,11H,8-10,15H2,1-3H3. The molecule has 0 fully saturated rings. The van der Waals surface area contributed by atoms with Crippen LogP contribution in [0.1, 0.15) is 18.9 Å². The molecule has 1 atom stereocenters. The Morgan fingerprint density at radius 3 is 2.50 bits per heavy atom. The zero-order valence-electron chi connectivity index (χ0n) is 11.3. The van der Waals surface area contributed by atoms with E-state index >= 15 is 0 Å². The fraction of sp³-hybridized carbons (Fsp3) is 0.500. The minimum Gasteiger partial charge on any atom is -0.497 e. The summed E-state index contributed by atoms with van der Waals surface area (Å²) >= 11 is 0. The summed E-state index contributed by atoms with van der Waals surface area (Å²) < 4.78 is 5.08. The van der Waals surface area contributed by atoms with Crippen molar-refractivity contribution < 1.29 is 9.53 Å². The van der Waals surface area contributed by atoms with Crippen molar-refractivity contribution in [2.24, 2.45) is 5.73 Å². The van der Waals surface area contributed by atoms with Gasteiger partial charge in [0.1, 0.15) is 5.75 Å². The molecular formula is C14H22N2O2. The van der Waals surface area contributed by atoms with Crippen molar-refractivity contribution >= 4 is 5.91 Å². The van der Waals surface area contributed by atoms with Crippen molar-refractivity contribution in [3.63, 3.8) is 0 Å². The minimum atomic E-state index is 0.112. The first-order chi connectivity index (χ1) is 8.52. The van der Waals surface area contributed by atoms with E-state index in [4.69, 9.17) is 10.5 Å². The van der Waals surface area contributed by atoms with Crippen LogP contribution < -0.4 is 10.5 Å². The minimum absolute atomic E-state index is 0.112. The third-order valence-electron chi connectivity index (χ3n) is 2.86. The Labute approximate surface area is 109 Å². The van der Waals surface area contributed by atoms with Crippen LogP contribution in [-0.4, -0.2) is 37.6 Å². The highest BCUT2D eigenvalue weighted by Crippen LogP contribution is 2.12. The number of methoxy groups -OCH3 is 1. The van der Waals surface area contributed by atoms with E-state index in [-0.39, 0.29) is 11.9 Å². The van der Waals surface area contributed by atoms with Crippen LogP contribution in [0.15, 0.2) is 24.3 Å². The molecule has 0 heterocycles.